The summed E-state index contributed by atoms with van der Waals surface area (Å²) >= 11 is 0. The number of primary amides is 1. The molecule has 142 valence electrons. The second-order valence-corrected chi connectivity index (χ2v) is 6.93. The van der Waals surface area contributed by atoms with Crippen LogP contribution in [0.15, 0.2) is 72.0 Å². The number of hydrogen-bond donors (Lipinski definition) is 1. The first-order valence-electron chi connectivity index (χ1n) is 9.05. The van der Waals surface area contributed by atoms with Gasteiger partial charge in [-0.1, -0.05) is 49.9 Å². The van der Waals surface area contributed by atoms with Crippen LogP contribution in [0.25, 0.3) is 11.1 Å². The molecule has 0 saturated carbocycles. The molecule has 0 spiro atoms. The average molecular weight is 371 g/mol. The van der Waals surface area contributed by atoms with Crippen LogP contribution in [-0.4, -0.2) is 16.6 Å². The minimum absolute atomic E-state index is 0. The Kier molecular flexibility index (Phi) is 5.69. The van der Waals surface area contributed by atoms with E-state index >= 15 is 0 Å². The lowest BCUT2D eigenvalue weighted by atomic mass is 9.91. The maximum Gasteiger partial charge on any atom is 0.225 e. The number of pyridine rings is 1. The molecule has 2 heterocycles. The maximum atomic E-state index is 12.0. The summed E-state index contributed by atoms with van der Waals surface area (Å²) in [7, 11) is 0. The van der Waals surface area contributed by atoms with Crippen molar-refractivity contribution in [1.82, 2.24) is 4.98 Å². The topological polar surface area (TPSA) is 68.3 Å². The largest absolute Gasteiger partial charge is 0.369 e. The van der Waals surface area contributed by atoms with E-state index in [9.17, 15) is 4.79 Å². The number of hydrogen-bond acceptors (Lipinski definition) is 3. The van der Waals surface area contributed by atoms with Gasteiger partial charge in [0, 0.05) is 29.2 Å². The molecule has 0 bridgehead atoms. The van der Waals surface area contributed by atoms with E-state index in [1.54, 1.807) is 0 Å². The average Bonchev–Trinajstić information content (AvgIpc) is 3.07. The van der Waals surface area contributed by atoms with Crippen LogP contribution < -0.4 is 5.73 Å². The van der Waals surface area contributed by atoms with Gasteiger partial charge in [-0.05, 0) is 47.7 Å². The van der Waals surface area contributed by atoms with Gasteiger partial charge in [0.25, 0.3) is 0 Å². The summed E-state index contributed by atoms with van der Waals surface area (Å²) in [6.07, 6.45) is 4.20. The van der Waals surface area contributed by atoms with Gasteiger partial charge in [-0.2, -0.15) is 0 Å². The molecule has 4 heteroatoms. The van der Waals surface area contributed by atoms with Gasteiger partial charge in [0.1, 0.15) is 0 Å². The summed E-state index contributed by atoms with van der Waals surface area (Å²) in [6, 6.07) is 18.2. The first-order valence-corrected chi connectivity index (χ1v) is 9.05. The Morgan fingerprint density at radius 1 is 1.07 bits per heavy atom. The summed E-state index contributed by atoms with van der Waals surface area (Å²) in [5, 5.41) is 0. The number of nitrogens with zero attached hydrogens (tertiary/aromatic N) is 2. The second-order valence-electron chi connectivity index (χ2n) is 6.93. The standard InChI is InChI=1S/C23H21N3O.CH4/c1-15-21-11-18(7-8-19(21)14-26-15)20-9-16(12-25-13-20)10-22(23(24)27)17-5-3-2-4-6-17;/h2-9,11-13,22H,10,14H2,1H3,(H2,24,27);1H4/t22-;/m0./s1. The zero-order valence-electron chi connectivity index (χ0n) is 15.2. The molecule has 4 nitrogen and oxygen atoms in total. The van der Waals surface area contributed by atoms with Crippen LogP contribution in [0.3, 0.4) is 0 Å². The molecule has 3 aromatic rings. The van der Waals surface area contributed by atoms with Gasteiger partial charge >= 0.3 is 0 Å². The van der Waals surface area contributed by atoms with Crippen molar-refractivity contribution in [2.24, 2.45) is 10.7 Å². The van der Waals surface area contributed by atoms with Crippen LogP contribution in [-0.2, 0) is 17.8 Å². The molecular formula is C24H25N3O. The van der Waals surface area contributed by atoms with E-state index < -0.39 is 0 Å². The molecule has 0 aliphatic carbocycles. The molecule has 2 N–H and O–H groups in total. The van der Waals surface area contributed by atoms with E-state index in [2.05, 4.69) is 34.2 Å². The van der Waals surface area contributed by atoms with Crippen LogP contribution in [0.5, 0.6) is 0 Å². The molecule has 1 atom stereocenters. The molecule has 0 unspecified atom stereocenters. The van der Waals surface area contributed by atoms with Gasteiger partial charge in [-0.3, -0.25) is 14.8 Å². The number of rotatable bonds is 5. The van der Waals surface area contributed by atoms with Gasteiger partial charge in [0.15, 0.2) is 0 Å². The van der Waals surface area contributed by atoms with E-state index in [-0.39, 0.29) is 19.3 Å². The molecule has 2 aromatic carbocycles. The molecule has 4 rings (SSSR count). The fourth-order valence-electron chi connectivity index (χ4n) is 3.58. The summed E-state index contributed by atoms with van der Waals surface area (Å²) in [6.45, 7) is 2.80. The third-order valence-corrected chi connectivity index (χ3v) is 5.10. The van der Waals surface area contributed by atoms with Crippen molar-refractivity contribution in [3.05, 3.63) is 89.2 Å². The van der Waals surface area contributed by atoms with Crippen molar-refractivity contribution < 1.29 is 4.79 Å². The smallest absolute Gasteiger partial charge is 0.225 e. The Morgan fingerprint density at radius 2 is 1.86 bits per heavy atom. The fraction of sp³-hybridized carbons (Fsp3) is 0.208. The highest BCUT2D eigenvalue weighted by Crippen LogP contribution is 2.28. The lowest BCUT2D eigenvalue weighted by Crippen LogP contribution is -2.23. The maximum absolute atomic E-state index is 12.0. The predicted octanol–water partition coefficient (Wildman–Crippen LogP) is 4.52. The highest BCUT2D eigenvalue weighted by molar-refractivity contribution is 6.02. The highest BCUT2D eigenvalue weighted by atomic mass is 16.1. The molecule has 28 heavy (non-hydrogen) atoms. The first-order chi connectivity index (χ1) is 13.1. The van der Waals surface area contributed by atoms with Crippen LogP contribution in [0.1, 0.15) is 42.5 Å². The van der Waals surface area contributed by atoms with Crippen molar-refractivity contribution in [3.63, 3.8) is 0 Å². The van der Waals surface area contributed by atoms with Crippen LogP contribution in [0.2, 0.25) is 0 Å². The number of nitrogens with two attached hydrogens (primary N) is 1. The number of carbonyl (C=O) groups excluding carboxylic acids is 1. The van der Waals surface area contributed by atoms with Gasteiger partial charge < -0.3 is 5.73 Å². The highest BCUT2D eigenvalue weighted by Gasteiger charge is 2.19. The van der Waals surface area contributed by atoms with Crippen LogP contribution >= 0.6 is 0 Å². The molecular weight excluding hydrogens is 346 g/mol. The predicted molar refractivity (Wildman–Crippen MR) is 114 cm³/mol. The lowest BCUT2D eigenvalue weighted by molar-refractivity contribution is -0.119. The van der Waals surface area contributed by atoms with E-state index in [1.807, 2.05) is 49.6 Å². The lowest BCUT2D eigenvalue weighted by Gasteiger charge is -2.14. The first kappa shape index (κ1) is 19.5. The zero-order valence-corrected chi connectivity index (χ0v) is 15.2. The summed E-state index contributed by atoms with van der Waals surface area (Å²) < 4.78 is 0. The summed E-state index contributed by atoms with van der Waals surface area (Å²) in [5.41, 5.74) is 13.3. The van der Waals surface area contributed by atoms with Gasteiger partial charge in [0.05, 0.1) is 12.5 Å². The Morgan fingerprint density at radius 3 is 2.61 bits per heavy atom. The Labute approximate surface area is 166 Å². The number of amides is 1. The number of aromatic nitrogens is 1. The second kappa shape index (κ2) is 8.17. The Hall–Kier alpha value is -3.27. The minimum atomic E-state index is -0.363. The molecule has 1 aliphatic heterocycles. The van der Waals surface area contributed by atoms with E-state index in [0.717, 1.165) is 34.5 Å². The monoisotopic (exact) mass is 371 g/mol. The molecule has 1 aromatic heterocycles. The van der Waals surface area contributed by atoms with Crippen molar-refractivity contribution in [2.75, 3.05) is 0 Å². The van der Waals surface area contributed by atoms with E-state index in [4.69, 9.17) is 5.73 Å². The third kappa shape index (κ3) is 3.86. The van der Waals surface area contributed by atoms with Gasteiger partial charge in [-0.15, -0.1) is 0 Å². The van der Waals surface area contributed by atoms with E-state index in [0.29, 0.717) is 6.42 Å². The Balaban J connectivity index is 0.00000225. The van der Waals surface area contributed by atoms with Gasteiger partial charge in [-0.25, -0.2) is 0 Å². The molecule has 0 saturated heterocycles. The Bertz CT molecular complexity index is 1030. The van der Waals surface area contributed by atoms with Crippen molar-refractivity contribution >= 4 is 11.6 Å². The molecule has 1 amide bonds. The minimum Gasteiger partial charge on any atom is -0.369 e. The van der Waals surface area contributed by atoms with E-state index in [1.165, 1.54) is 11.1 Å². The van der Waals surface area contributed by atoms with Crippen molar-refractivity contribution in [3.8, 4) is 11.1 Å². The number of carbonyl (C=O) groups is 1. The number of benzene rings is 2. The van der Waals surface area contributed by atoms with Crippen LogP contribution in [0, 0.1) is 0 Å². The SMILES string of the molecule is C.CC1=NCc2ccc(-c3cncc(C[C@H](C(N)=O)c4ccccc4)c3)cc21. The zero-order chi connectivity index (χ0) is 18.8. The summed E-state index contributed by atoms with van der Waals surface area (Å²) in [5.74, 6) is -0.686. The van der Waals surface area contributed by atoms with Crippen LogP contribution in [0.4, 0.5) is 0 Å². The number of fused-ring (bicyclic) bond motifs is 1. The fourth-order valence-corrected chi connectivity index (χ4v) is 3.58. The molecule has 1 aliphatic rings. The number of aliphatic imine (C=N–C) groups is 1. The quantitative estimate of drug-likeness (QED) is 0.716. The van der Waals surface area contributed by atoms with Gasteiger partial charge in [0.2, 0.25) is 5.91 Å². The van der Waals surface area contributed by atoms with Crippen molar-refractivity contribution in [1.29, 1.82) is 0 Å². The molecule has 0 fully saturated rings. The van der Waals surface area contributed by atoms with Crippen molar-refractivity contribution in [2.45, 2.75) is 33.2 Å². The summed E-state index contributed by atoms with van der Waals surface area (Å²) in [4.78, 5) is 20.9. The third-order valence-electron chi connectivity index (χ3n) is 5.10. The normalized spacial score (nSPS) is 13.2. The molecule has 0 radical (unpaired) electrons.